The van der Waals surface area contributed by atoms with E-state index in [1.165, 1.54) is 0 Å². The lowest BCUT2D eigenvalue weighted by atomic mass is 10.2. The molecule has 0 radical (unpaired) electrons. The van der Waals surface area contributed by atoms with Gasteiger partial charge in [0.1, 0.15) is 6.04 Å². The molecule has 0 fully saturated rings. The second-order valence-corrected chi connectivity index (χ2v) is 6.01. The number of carboxylic acid groups (broad SMARTS) is 1. The number of carbonyl (C=O) groups is 2. The summed E-state index contributed by atoms with van der Waals surface area (Å²) < 4.78 is 29.9. The van der Waals surface area contributed by atoms with Crippen LogP contribution in [0.25, 0.3) is 0 Å². The molecule has 0 saturated heterocycles. The molecule has 3 N–H and O–H groups in total. The van der Waals surface area contributed by atoms with Gasteiger partial charge in [0.05, 0.1) is 18.9 Å². The first kappa shape index (κ1) is 18.8. The zero-order chi connectivity index (χ0) is 15.6. The van der Waals surface area contributed by atoms with Crippen LogP contribution in [0.3, 0.4) is 0 Å². The van der Waals surface area contributed by atoms with Crippen molar-refractivity contribution in [2.75, 3.05) is 25.5 Å². The normalized spacial score (nSPS) is 12.9. The van der Waals surface area contributed by atoms with Gasteiger partial charge in [-0.05, 0) is 13.3 Å². The Labute approximate surface area is 118 Å². The minimum atomic E-state index is -3.60. The van der Waals surface area contributed by atoms with Crippen LogP contribution in [0.4, 0.5) is 0 Å². The Balaban J connectivity index is 4.17. The molecular weight excluding hydrogens is 288 g/mol. The van der Waals surface area contributed by atoms with Gasteiger partial charge in [0.25, 0.3) is 0 Å². The summed E-state index contributed by atoms with van der Waals surface area (Å²) in [5.41, 5.74) is 0. The van der Waals surface area contributed by atoms with Crippen LogP contribution in [0.2, 0.25) is 0 Å². The maximum atomic E-state index is 11.5. The lowest BCUT2D eigenvalue weighted by Gasteiger charge is -2.13. The van der Waals surface area contributed by atoms with Crippen LogP contribution < -0.4 is 10.0 Å². The van der Waals surface area contributed by atoms with Gasteiger partial charge in [-0.15, -0.1) is 0 Å². The van der Waals surface area contributed by atoms with Gasteiger partial charge in [-0.1, -0.05) is 13.3 Å². The highest BCUT2D eigenvalue weighted by Gasteiger charge is 2.19. The summed E-state index contributed by atoms with van der Waals surface area (Å²) in [6.45, 7) is 3.50. The van der Waals surface area contributed by atoms with E-state index in [2.05, 4.69) is 10.0 Å². The fourth-order valence-corrected chi connectivity index (χ4v) is 2.18. The molecular formula is C11H22N2O6S. The van der Waals surface area contributed by atoms with E-state index in [0.29, 0.717) is 13.0 Å². The Morgan fingerprint density at radius 2 is 1.95 bits per heavy atom. The highest BCUT2D eigenvalue weighted by Crippen LogP contribution is 1.96. The molecule has 0 bridgehead atoms. The van der Waals surface area contributed by atoms with Crippen LogP contribution in [0, 0.1) is 0 Å². The van der Waals surface area contributed by atoms with E-state index >= 15 is 0 Å². The standard InChI is InChI=1S/C11H22N2O6S/c1-3-5-9(11(15)16)13-10(14)8-12-20(17,18)7-6-19-4-2/h9,12H,3-8H2,1-2H3,(H,13,14)(H,15,16). The average molecular weight is 310 g/mol. The Kier molecular flexibility index (Phi) is 9.10. The molecule has 0 aromatic rings. The molecule has 9 heteroatoms. The van der Waals surface area contributed by atoms with Gasteiger partial charge in [-0.3, -0.25) is 4.79 Å². The molecule has 0 aromatic carbocycles. The minimum absolute atomic E-state index is 0.0427. The summed E-state index contributed by atoms with van der Waals surface area (Å²) >= 11 is 0. The summed E-state index contributed by atoms with van der Waals surface area (Å²) in [4.78, 5) is 22.3. The topological polar surface area (TPSA) is 122 Å². The molecule has 118 valence electrons. The van der Waals surface area contributed by atoms with Crippen molar-refractivity contribution < 1.29 is 27.9 Å². The smallest absolute Gasteiger partial charge is 0.326 e. The quantitative estimate of drug-likeness (QED) is 0.434. The number of nitrogens with one attached hydrogen (secondary N) is 2. The zero-order valence-corrected chi connectivity index (χ0v) is 12.5. The van der Waals surface area contributed by atoms with Crippen molar-refractivity contribution in [2.24, 2.45) is 0 Å². The Morgan fingerprint density at radius 1 is 1.30 bits per heavy atom. The molecule has 1 amide bonds. The monoisotopic (exact) mass is 310 g/mol. The van der Waals surface area contributed by atoms with Gasteiger partial charge < -0.3 is 15.2 Å². The number of hydrogen-bond donors (Lipinski definition) is 3. The molecule has 0 aliphatic rings. The Hall–Kier alpha value is -1.19. The van der Waals surface area contributed by atoms with Crippen LogP contribution in [0.1, 0.15) is 26.7 Å². The third kappa shape index (κ3) is 8.83. The molecule has 1 atom stereocenters. The average Bonchev–Trinajstić information content (AvgIpc) is 2.36. The summed E-state index contributed by atoms with van der Waals surface area (Å²) in [6, 6.07) is -1.000. The number of aliphatic carboxylic acids is 1. The van der Waals surface area contributed by atoms with E-state index in [9.17, 15) is 18.0 Å². The molecule has 0 spiro atoms. The van der Waals surface area contributed by atoms with Crippen LogP contribution >= 0.6 is 0 Å². The number of amides is 1. The molecule has 0 saturated carbocycles. The summed E-state index contributed by atoms with van der Waals surface area (Å²) in [5.74, 6) is -2.06. The summed E-state index contributed by atoms with van der Waals surface area (Å²) in [7, 11) is -3.60. The number of ether oxygens (including phenoxy) is 1. The lowest BCUT2D eigenvalue weighted by molar-refractivity contribution is -0.141. The van der Waals surface area contributed by atoms with Gasteiger partial charge in [-0.25, -0.2) is 17.9 Å². The molecule has 0 aliphatic carbocycles. The number of hydrogen-bond acceptors (Lipinski definition) is 5. The molecule has 0 aliphatic heterocycles. The van der Waals surface area contributed by atoms with Gasteiger partial charge in [-0.2, -0.15) is 0 Å². The third-order valence-electron chi connectivity index (χ3n) is 2.36. The summed E-state index contributed by atoms with van der Waals surface area (Å²) in [6.07, 6.45) is 0.884. The predicted molar refractivity (Wildman–Crippen MR) is 72.8 cm³/mol. The second kappa shape index (κ2) is 9.67. The first-order valence-electron chi connectivity index (χ1n) is 6.39. The van der Waals surface area contributed by atoms with Crippen molar-refractivity contribution in [3.05, 3.63) is 0 Å². The minimum Gasteiger partial charge on any atom is -0.480 e. The van der Waals surface area contributed by atoms with Crippen LogP contribution in [0.5, 0.6) is 0 Å². The van der Waals surface area contributed by atoms with Crippen molar-refractivity contribution in [3.63, 3.8) is 0 Å². The van der Waals surface area contributed by atoms with Gasteiger partial charge in [0.15, 0.2) is 0 Å². The molecule has 8 nitrogen and oxygen atoms in total. The fraction of sp³-hybridized carbons (Fsp3) is 0.818. The van der Waals surface area contributed by atoms with E-state index < -0.39 is 34.5 Å². The first-order chi connectivity index (χ1) is 9.32. The van der Waals surface area contributed by atoms with Gasteiger partial charge >= 0.3 is 5.97 Å². The molecule has 20 heavy (non-hydrogen) atoms. The molecule has 0 heterocycles. The Morgan fingerprint density at radius 3 is 2.45 bits per heavy atom. The second-order valence-electron chi connectivity index (χ2n) is 4.08. The maximum absolute atomic E-state index is 11.5. The zero-order valence-electron chi connectivity index (χ0n) is 11.7. The lowest BCUT2D eigenvalue weighted by Crippen LogP contribution is -2.45. The predicted octanol–water partition coefficient (Wildman–Crippen LogP) is -0.688. The number of carboxylic acids is 1. The molecule has 1 unspecified atom stereocenters. The Bertz CT molecular complexity index is 409. The third-order valence-corrected chi connectivity index (χ3v) is 3.65. The van der Waals surface area contributed by atoms with Crippen molar-refractivity contribution in [2.45, 2.75) is 32.7 Å². The van der Waals surface area contributed by atoms with Crippen LogP contribution in [-0.2, 0) is 24.3 Å². The maximum Gasteiger partial charge on any atom is 0.326 e. The summed E-state index contributed by atoms with van der Waals surface area (Å²) in [5, 5.41) is 11.1. The van der Waals surface area contributed by atoms with Crippen LogP contribution in [-0.4, -0.2) is 57.0 Å². The highest BCUT2D eigenvalue weighted by atomic mass is 32.2. The van der Waals surface area contributed by atoms with Crippen LogP contribution in [0.15, 0.2) is 0 Å². The van der Waals surface area contributed by atoms with Gasteiger partial charge in [0.2, 0.25) is 15.9 Å². The van der Waals surface area contributed by atoms with Crippen molar-refractivity contribution in [1.29, 1.82) is 0 Å². The van der Waals surface area contributed by atoms with E-state index in [1.54, 1.807) is 13.8 Å². The largest absolute Gasteiger partial charge is 0.480 e. The van der Waals surface area contributed by atoms with Crippen molar-refractivity contribution >= 4 is 21.9 Å². The fourth-order valence-electron chi connectivity index (χ4n) is 1.35. The van der Waals surface area contributed by atoms with Crippen molar-refractivity contribution in [3.8, 4) is 0 Å². The molecule has 0 aromatic heterocycles. The van der Waals surface area contributed by atoms with E-state index in [-0.39, 0.29) is 18.8 Å². The van der Waals surface area contributed by atoms with Crippen molar-refractivity contribution in [1.82, 2.24) is 10.0 Å². The SMILES string of the molecule is CCCC(NC(=O)CNS(=O)(=O)CCOCC)C(=O)O. The van der Waals surface area contributed by atoms with E-state index in [1.807, 2.05) is 0 Å². The van der Waals surface area contributed by atoms with Gasteiger partial charge in [0, 0.05) is 6.61 Å². The highest BCUT2D eigenvalue weighted by molar-refractivity contribution is 7.89. The van der Waals surface area contributed by atoms with E-state index in [4.69, 9.17) is 9.84 Å². The number of sulfonamides is 1. The number of rotatable bonds is 11. The first-order valence-corrected chi connectivity index (χ1v) is 8.04. The molecule has 0 rings (SSSR count). The van der Waals surface area contributed by atoms with E-state index in [0.717, 1.165) is 0 Å². The number of carbonyl (C=O) groups excluding carboxylic acids is 1.